The summed E-state index contributed by atoms with van der Waals surface area (Å²) in [6, 6.07) is 0.499. The maximum Gasteiger partial charge on any atom is 0.223 e. The molecule has 2 N–H and O–H groups in total. The topological polar surface area (TPSA) is 61.7 Å². The van der Waals surface area contributed by atoms with E-state index in [0.717, 1.165) is 35.1 Å². The SMILES string of the molecule is C/C(CC1CC1)=C(\C=N)c1nc(NC2CCCCC2)ncc1C. The van der Waals surface area contributed by atoms with Crippen molar-refractivity contribution in [2.75, 3.05) is 5.32 Å². The van der Waals surface area contributed by atoms with Crippen LogP contribution in [0.5, 0.6) is 0 Å². The first-order valence-electron chi connectivity index (χ1n) is 8.98. The van der Waals surface area contributed by atoms with Crippen LogP contribution in [0.4, 0.5) is 5.95 Å². The zero-order valence-corrected chi connectivity index (χ0v) is 14.4. The minimum atomic E-state index is 0.499. The third kappa shape index (κ3) is 4.18. The predicted molar refractivity (Wildman–Crippen MR) is 96.0 cm³/mol. The molecule has 1 aromatic heterocycles. The van der Waals surface area contributed by atoms with E-state index in [1.54, 1.807) is 0 Å². The molecule has 0 bridgehead atoms. The molecule has 2 saturated carbocycles. The molecule has 2 fully saturated rings. The molecule has 4 heteroatoms. The summed E-state index contributed by atoms with van der Waals surface area (Å²) >= 11 is 0. The molecule has 3 rings (SSSR count). The van der Waals surface area contributed by atoms with Crippen molar-refractivity contribution >= 4 is 17.7 Å². The molecule has 2 aliphatic rings. The third-order valence-electron chi connectivity index (χ3n) is 5.06. The van der Waals surface area contributed by atoms with E-state index in [2.05, 4.69) is 17.2 Å². The Hall–Kier alpha value is -1.71. The largest absolute Gasteiger partial charge is 0.351 e. The highest BCUT2D eigenvalue weighted by Gasteiger charge is 2.23. The first-order valence-corrected chi connectivity index (χ1v) is 8.98. The van der Waals surface area contributed by atoms with Crippen molar-refractivity contribution in [1.29, 1.82) is 5.41 Å². The summed E-state index contributed by atoms with van der Waals surface area (Å²) in [5, 5.41) is 11.3. The van der Waals surface area contributed by atoms with Gasteiger partial charge in [0.25, 0.3) is 0 Å². The molecule has 23 heavy (non-hydrogen) atoms. The van der Waals surface area contributed by atoms with Crippen molar-refractivity contribution in [2.24, 2.45) is 5.92 Å². The van der Waals surface area contributed by atoms with Crippen LogP contribution >= 0.6 is 0 Å². The molecular weight excluding hydrogens is 284 g/mol. The molecule has 0 unspecified atom stereocenters. The van der Waals surface area contributed by atoms with Crippen LogP contribution in [0.15, 0.2) is 11.8 Å². The van der Waals surface area contributed by atoms with E-state index in [1.165, 1.54) is 56.7 Å². The van der Waals surface area contributed by atoms with Gasteiger partial charge in [-0.05, 0) is 57.4 Å². The lowest BCUT2D eigenvalue weighted by atomic mass is 9.96. The van der Waals surface area contributed by atoms with Crippen LogP contribution in [0.1, 0.15) is 69.5 Å². The molecule has 1 heterocycles. The Morgan fingerprint density at radius 2 is 2.00 bits per heavy atom. The van der Waals surface area contributed by atoms with Crippen LogP contribution in [-0.2, 0) is 0 Å². The predicted octanol–water partition coefficient (Wildman–Crippen LogP) is 4.75. The van der Waals surface area contributed by atoms with Crippen molar-refractivity contribution in [2.45, 2.75) is 71.3 Å². The highest BCUT2D eigenvalue weighted by molar-refractivity contribution is 6.09. The van der Waals surface area contributed by atoms with E-state index in [-0.39, 0.29) is 0 Å². The van der Waals surface area contributed by atoms with Crippen LogP contribution in [-0.4, -0.2) is 22.2 Å². The van der Waals surface area contributed by atoms with Crippen molar-refractivity contribution in [3.63, 3.8) is 0 Å². The fourth-order valence-corrected chi connectivity index (χ4v) is 3.47. The minimum Gasteiger partial charge on any atom is -0.351 e. The number of allylic oxidation sites excluding steroid dienone is 2. The minimum absolute atomic E-state index is 0.499. The molecule has 4 nitrogen and oxygen atoms in total. The van der Waals surface area contributed by atoms with E-state index < -0.39 is 0 Å². The molecule has 124 valence electrons. The van der Waals surface area contributed by atoms with E-state index in [1.807, 2.05) is 13.1 Å². The number of nitrogens with zero attached hydrogens (tertiary/aromatic N) is 2. The zero-order chi connectivity index (χ0) is 16.2. The average molecular weight is 312 g/mol. The molecule has 0 aromatic carbocycles. The summed E-state index contributed by atoms with van der Waals surface area (Å²) in [4.78, 5) is 9.22. The maximum atomic E-state index is 7.85. The van der Waals surface area contributed by atoms with Gasteiger partial charge >= 0.3 is 0 Å². The fourth-order valence-electron chi connectivity index (χ4n) is 3.47. The summed E-state index contributed by atoms with van der Waals surface area (Å²) < 4.78 is 0. The monoisotopic (exact) mass is 312 g/mol. The van der Waals surface area contributed by atoms with Gasteiger partial charge in [0.1, 0.15) is 0 Å². The Labute approximate surface area is 139 Å². The highest BCUT2D eigenvalue weighted by Crippen LogP contribution is 2.37. The fraction of sp³-hybridized carbons (Fsp3) is 0.632. The smallest absolute Gasteiger partial charge is 0.223 e. The van der Waals surface area contributed by atoms with Crippen LogP contribution in [0.2, 0.25) is 0 Å². The van der Waals surface area contributed by atoms with Crippen LogP contribution in [0.25, 0.3) is 5.57 Å². The number of aryl methyl sites for hydroxylation is 1. The number of anilines is 1. The normalized spacial score (nSPS) is 20.1. The maximum absolute atomic E-state index is 7.85. The summed E-state index contributed by atoms with van der Waals surface area (Å²) in [7, 11) is 0. The summed E-state index contributed by atoms with van der Waals surface area (Å²) in [6.45, 7) is 4.18. The summed E-state index contributed by atoms with van der Waals surface area (Å²) in [6.07, 6.45) is 13.5. The molecular formula is C19H28N4. The Balaban J connectivity index is 1.82. The van der Waals surface area contributed by atoms with Crippen LogP contribution in [0.3, 0.4) is 0 Å². The lowest BCUT2D eigenvalue weighted by Crippen LogP contribution is -2.23. The lowest BCUT2D eigenvalue weighted by molar-refractivity contribution is 0.461. The average Bonchev–Trinajstić information content (AvgIpc) is 3.36. The van der Waals surface area contributed by atoms with Crippen LogP contribution < -0.4 is 5.32 Å². The Morgan fingerprint density at radius 1 is 1.26 bits per heavy atom. The van der Waals surface area contributed by atoms with Crippen molar-refractivity contribution < 1.29 is 0 Å². The molecule has 0 atom stereocenters. The molecule has 1 aromatic rings. The number of aromatic nitrogens is 2. The number of hydrogen-bond acceptors (Lipinski definition) is 4. The zero-order valence-electron chi connectivity index (χ0n) is 14.4. The van der Waals surface area contributed by atoms with Gasteiger partial charge in [-0.2, -0.15) is 0 Å². The van der Waals surface area contributed by atoms with Crippen molar-refractivity contribution in [3.05, 3.63) is 23.0 Å². The lowest BCUT2D eigenvalue weighted by Gasteiger charge is -2.23. The quantitative estimate of drug-likeness (QED) is 0.745. The second-order valence-corrected chi connectivity index (χ2v) is 7.19. The van der Waals surface area contributed by atoms with Crippen molar-refractivity contribution in [1.82, 2.24) is 9.97 Å². The van der Waals surface area contributed by atoms with Gasteiger partial charge in [-0.3, -0.25) is 0 Å². The summed E-state index contributed by atoms with van der Waals surface area (Å²) in [5.41, 5.74) is 4.23. The molecule has 0 amide bonds. The Bertz CT molecular complexity index is 595. The van der Waals surface area contributed by atoms with E-state index in [9.17, 15) is 0 Å². The summed E-state index contributed by atoms with van der Waals surface area (Å²) in [5.74, 6) is 1.54. The van der Waals surface area contributed by atoms with Gasteiger partial charge in [0, 0.05) is 24.0 Å². The molecule has 0 saturated heterocycles. The Morgan fingerprint density at radius 3 is 2.65 bits per heavy atom. The van der Waals surface area contributed by atoms with Gasteiger partial charge in [0.05, 0.1) is 5.69 Å². The molecule has 0 spiro atoms. The van der Waals surface area contributed by atoms with E-state index in [4.69, 9.17) is 10.4 Å². The van der Waals surface area contributed by atoms with Crippen molar-refractivity contribution in [3.8, 4) is 0 Å². The van der Waals surface area contributed by atoms with Gasteiger partial charge in [0.2, 0.25) is 5.95 Å². The van der Waals surface area contributed by atoms with Gasteiger partial charge < -0.3 is 10.7 Å². The van der Waals surface area contributed by atoms with Gasteiger partial charge in [0.15, 0.2) is 0 Å². The second-order valence-electron chi connectivity index (χ2n) is 7.19. The first kappa shape index (κ1) is 16.2. The molecule has 0 radical (unpaired) electrons. The molecule has 2 aliphatic carbocycles. The molecule has 0 aliphatic heterocycles. The van der Waals surface area contributed by atoms with E-state index >= 15 is 0 Å². The van der Waals surface area contributed by atoms with Gasteiger partial charge in [-0.15, -0.1) is 0 Å². The van der Waals surface area contributed by atoms with E-state index in [0.29, 0.717) is 6.04 Å². The third-order valence-corrected chi connectivity index (χ3v) is 5.06. The Kier molecular flexibility index (Phi) is 5.09. The van der Waals surface area contributed by atoms with Gasteiger partial charge in [-0.25, -0.2) is 9.97 Å². The number of nitrogens with one attached hydrogen (secondary N) is 2. The second kappa shape index (κ2) is 7.24. The van der Waals surface area contributed by atoms with Gasteiger partial charge in [-0.1, -0.05) is 24.8 Å². The van der Waals surface area contributed by atoms with Crippen LogP contribution in [0, 0.1) is 18.3 Å². The number of hydrogen-bond donors (Lipinski definition) is 2. The standard InChI is InChI=1S/C19H28N4/c1-13(10-15-8-9-15)17(11-20)18-14(2)12-21-19(23-18)22-16-6-4-3-5-7-16/h11-12,15-16,20H,3-10H2,1-2H3,(H,21,22,23)/b17-13-,20-11?. The first-order chi connectivity index (χ1) is 11.2. The number of rotatable bonds is 6. The highest BCUT2D eigenvalue weighted by atomic mass is 15.1.